The summed E-state index contributed by atoms with van der Waals surface area (Å²) < 4.78 is 5.63. The van der Waals surface area contributed by atoms with Gasteiger partial charge in [-0.2, -0.15) is 0 Å². The zero-order valence-corrected chi connectivity index (χ0v) is 9.51. The van der Waals surface area contributed by atoms with Gasteiger partial charge < -0.3 is 9.73 Å². The summed E-state index contributed by atoms with van der Waals surface area (Å²) in [5.41, 5.74) is 1.59. The average molecular weight is 225 g/mol. The second-order valence-electron chi connectivity index (χ2n) is 3.41. The number of benzene rings is 1. The van der Waals surface area contributed by atoms with Crippen molar-refractivity contribution < 1.29 is 4.42 Å². The molecule has 2 rings (SSSR count). The van der Waals surface area contributed by atoms with E-state index in [-0.39, 0.29) is 6.04 Å². The molecule has 1 N–H and O–H groups in total. The maximum atomic E-state index is 5.88. The molecule has 1 aromatic carbocycles. The number of fused-ring (bicyclic) bond motifs is 1. The largest absolute Gasteiger partial charge is 0.439 e. The van der Waals surface area contributed by atoms with Crippen LogP contribution in [0.2, 0.25) is 5.02 Å². The summed E-state index contributed by atoms with van der Waals surface area (Å²) in [6.07, 6.45) is 0.942. The maximum Gasteiger partial charge on any atom is 0.212 e. The summed E-state index contributed by atoms with van der Waals surface area (Å²) in [5, 5.41) is 3.83. The van der Waals surface area contributed by atoms with E-state index in [4.69, 9.17) is 16.0 Å². The van der Waals surface area contributed by atoms with Crippen LogP contribution in [-0.2, 0) is 0 Å². The molecule has 3 nitrogen and oxygen atoms in total. The SMILES string of the molecule is CCC(NC)c1nc2cc(Cl)ccc2o1. The molecule has 4 heteroatoms. The summed E-state index contributed by atoms with van der Waals surface area (Å²) in [6.45, 7) is 2.09. The number of halogens is 1. The fourth-order valence-corrected chi connectivity index (χ4v) is 1.74. The lowest BCUT2D eigenvalue weighted by Gasteiger charge is -2.07. The van der Waals surface area contributed by atoms with Crippen LogP contribution in [0.3, 0.4) is 0 Å². The van der Waals surface area contributed by atoms with E-state index in [0.29, 0.717) is 5.02 Å². The Morgan fingerprint density at radius 1 is 1.53 bits per heavy atom. The van der Waals surface area contributed by atoms with Crippen molar-refractivity contribution in [1.82, 2.24) is 10.3 Å². The second kappa shape index (κ2) is 4.21. The molecule has 80 valence electrons. The molecule has 1 atom stereocenters. The number of aromatic nitrogens is 1. The predicted molar refractivity (Wildman–Crippen MR) is 61.1 cm³/mol. The van der Waals surface area contributed by atoms with Gasteiger partial charge in [0.25, 0.3) is 0 Å². The molecule has 2 aromatic rings. The normalized spacial score (nSPS) is 13.3. The minimum absolute atomic E-state index is 0.163. The standard InChI is InChI=1S/C11H13ClN2O/c1-3-8(13-2)11-14-9-6-7(12)4-5-10(9)15-11/h4-6,8,13H,3H2,1-2H3. The first-order chi connectivity index (χ1) is 7.24. The molecule has 1 unspecified atom stereocenters. The zero-order chi connectivity index (χ0) is 10.8. The van der Waals surface area contributed by atoms with E-state index in [2.05, 4.69) is 17.2 Å². The molecule has 15 heavy (non-hydrogen) atoms. The molecule has 0 saturated heterocycles. The average Bonchev–Trinajstić information content (AvgIpc) is 2.62. The molecule has 0 spiro atoms. The third kappa shape index (κ3) is 1.98. The van der Waals surface area contributed by atoms with Gasteiger partial charge in [-0.1, -0.05) is 18.5 Å². The molecule has 0 amide bonds. The number of nitrogens with zero attached hydrogens (tertiary/aromatic N) is 1. The Labute approximate surface area is 93.4 Å². The van der Waals surface area contributed by atoms with Crippen molar-refractivity contribution in [2.45, 2.75) is 19.4 Å². The first kappa shape index (κ1) is 10.5. The molecule has 0 aliphatic rings. The Morgan fingerprint density at radius 3 is 3.00 bits per heavy atom. The number of nitrogens with one attached hydrogen (secondary N) is 1. The van der Waals surface area contributed by atoms with Crippen molar-refractivity contribution >= 4 is 22.7 Å². The molecule has 0 aliphatic heterocycles. The fourth-order valence-electron chi connectivity index (χ4n) is 1.57. The van der Waals surface area contributed by atoms with Crippen LogP contribution in [0.1, 0.15) is 25.3 Å². The fraction of sp³-hybridized carbons (Fsp3) is 0.364. The number of rotatable bonds is 3. The van der Waals surface area contributed by atoms with Gasteiger partial charge in [-0.25, -0.2) is 4.98 Å². The molecule has 0 radical (unpaired) electrons. The third-order valence-corrected chi connectivity index (χ3v) is 2.66. The van der Waals surface area contributed by atoms with Gasteiger partial charge in [0.2, 0.25) is 5.89 Å². The molecular weight excluding hydrogens is 212 g/mol. The number of oxazole rings is 1. The smallest absolute Gasteiger partial charge is 0.212 e. The lowest BCUT2D eigenvalue weighted by molar-refractivity contribution is 0.427. The number of hydrogen-bond donors (Lipinski definition) is 1. The summed E-state index contributed by atoms with van der Waals surface area (Å²) in [6, 6.07) is 5.62. The zero-order valence-electron chi connectivity index (χ0n) is 8.75. The minimum atomic E-state index is 0.163. The van der Waals surface area contributed by atoms with E-state index >= 15 is 0 Å². The highest BCUT2D eigenvalue weighted by molar-refractivity contribution is 6.31. The predicted octanol–water partition coefficient (Wildman–Crippen LogP) is 3.15. The van der Waals surface area contributed by atoms with Gasteiger partial charge >= 0.3 is 0 Å². The van der Waals surface area contributed by atoms with Crippen molar-refractivity contribution in [2.75, 3.05) is 7.05 Å². The quantitative estimate of drug-likeness (QED) is 0.871. The first-order valence-electron chi connectivity index (χ1n) is 4.98. The van der Waals surface area contributed by atoms with Crippen molar-refractivity contribution in [1.29, 1.82) is 0 Å². The lowest BCUT2D eigenvalue weighted by atomic mass is 10.2. The van der Waals surface area contributed by atoms with Crippen LogP contribution in [0.4, 0.5) is 0 Å². The van der Waals surface area contributed by atoms with Crippen LogP contribution in [0.5, 0.6) is 0 Å². The van der Waals surface area contributed by atoms with E-state index in [0.717, 1.165) is 23.4 Å². The monoisotopic (exact) mass is 224 g/mol. The Balaban J connectivity index is 2.46. The van der Waals surface area contributed by atoms with Crippen LogP contribution in [-0.4, -0.2) is 12.0 Å². The van der Waals surface area contributed by atoms with Crippen molar-refractivity contribution in [2.24, 2.45) is 0 Å². The van der Waals surface area contributed by atoms with Crippen molar-refractivity contribution in [3.63, 3.8) is 0 Å². The van der Waals surface area contributed by atoms with Crippen LogP contribution >= 0.6 is 11.6 Å². The second-order valence-corrected chi connectivity index (χ2v) is 3.85. The lowest BCUT2D eigenvalue weighted by Crippen LogP contribution is -2.15. The third-order valence-electron chi connectivity index (χ3n) is 2.42. The van der Waals surface area contributed by atoms with E-state index in [9.17, 15) is 0 Å². The highest BCUT2D eigenvalue weighted by Gasteiger charge is 2.14. The van der Waals surface area contributed by atoms with Gasteiger partial charge in [0, 0.05) is 5.02 Å². The summed E-state index contributed by atoms with van der Waals surface area (Å²) in [5.74, 6) is 0.720. The molecule has 1 heterocycles. The number of hydrogen-bond acceptors (Lipinski definition) is 3. The highest BCUT2D eigenvalue weighted by atomic mass is 35.5. The Kier molecular flexibility index (Phi) is 2.93. The van der Waals surface area contributed by atoms with E-state index in [1.165, 1.54) is 0 Å². The molecule has 0 bridgehead atoms. The van der Waals surface area contributed by atoms with Gasteiger partial charge in [0.05, 0.1) is 6.04 Å². The summed E-state index contributed by atoms with van der Waals surface area (Å²) in [7, 11) is 1.90. The Hall–Kier alpha value is -1.06. The van der Waals surface area contributed by atoms with Crippen molar-refractivity contribution in [3.8, 4) is 0 Å². The van der Waals surface area contributed by atoms with Gasteiger partial charge in [-0.15, -0.1) is 0 Å². The molecule has 0 saturated carbocycles. The van der Waals surface area contributed by atoms with Crippen LogP contribution in [0.15, 0.2) is 22.6 Å². The topological polar surface area (TPSA) is 38.1 Å². The summed E-state index contributed by atoms with van der Waals surface area (Å²) in [4.78, 5) is 4.40. The van der Waals surface area contributed by atoms with Gasteiger partial charge in [0.15, 0.2) is 5.58 Å². The molecule has 1 aromatic heterocycles. The molecule has 0 fully saturated rings. The molecule has 0 aliphatic carbocycles. The van der Waals surface area contributed by atoms with Gasteiger partial charge in [0.1, 0.15) is 5.52 Å². The van der Waals surface area contributed by atoms with E-state index in [1.54, 1.807) is 6.07 Å². The molecular formula is C11H13ClN2O. The summed E-state index contributed by atoms with van der Waals surface area (Å²) >= 11 is 5.88. The highest BCUT2D eigenvalue weighted by Crippen LogP contribution is 2.24. The van der Waals surface area contributed by atoms with Gasteiger partial charge in [-0.3, -0.25) is 0 Å². The van der Waals surface area contributed by atoms with Crippen LogP contribution in [0.25, 0.3) is 11.1 Å². The van der Waals surface area contributed by atoms with Crippen molar-refractivity contribution in [3.05, 3.63) is 29.1 Å². The maximum absolute atomic E-state index is 5.88. The van der Waals surface area contributed by atoms with E-state index in [1.807, 2.05) is 19.2 Å². The Morgan fingerprint density at radius 2 is 2.33 bits per heavy atom. The van der Waals surface area contributed by atoms with Crippen LogP contribution in [0, 0.1) is 0 Å². The first-order valence-corrected chi connectivity index (χ1v) is 5.35. The van der Waals surface area contributed by atoms with Gasteiger partial charge in [-0.05, 0) is 31.7 Å². The van der Waals surface area contributed by atoms with Crippen LogP contribution < -0.4 is 5.32 Å². The minimum Gasteiger partial charge on any atom is -0.439 e. The van der Waals surface area contributed by atoms with E-state index < -0.39 is 0 Å². The Bertz CT molecular complexity index is 463.